The van der Waals surface area contributed by atoms with Gasteiger partial charge in [0.15, 0.2) is 5.82 Å². The Kier molecular flexibility index (Phi) is 5.89. The highest BCUT2D eigenvalue weighted by molar-refractivity contribution is 7.81. The van der Waals surface area contributed by atoms with Crippen LogP contribution < -0.4 is 4.31 Å². The van der Waals surface area contributed by atoms with Crippen LogP contribution in [0.5, 0.6) is 0 Å². The third-order valence-electron chi connectivity index (χ3n) is 3.68. The van der Waals surface area contributed by atoms with Crippen molar-refractivity contribution >= 4 is 40.5 Å². The third-order valence-corrected chi connectivity index (χ3v) is 4.92. The lowest BCUT2D eigenvalue weighted by atomic mass is 10.1. The fraction of sp³-hybridized carbons (Fsp3) is 0.118. The maximum atomic E-state index is 13.8. The van der Waals surface area contributed by atoms with Gasteiger partial charge in [-0.3, -0.25) is 4.55 Å². The molecule has 2 aromatic carbocycles. The lowest BCUT2D eigenvalue weighted by molar-refractivity contribution is 0.0601. The Morgan fingerprint density at radius 1 is 1.26 bits per heavy atom. The summed E-state index contributed by atoms with van der Waals surface area (Å²) in [5.74, 6) is -1.38. The molecule has 0 amide bonds. The summed E-state index contributed by atoms with van der Waals surface area (Å²) in [6.07, 6.45) is 0.350. The van der Waals surface area contributed by atoms with Crippen molar-refractivity contribution in [1.29, 1.82) is 0 Å². The minimum atomic E-state index is -2.63. The molecular weight excluding hydrogens is 393 g/mol. The van der Waals surface area contributed by atoms with Gasteiger partial charge in [0.05, 0.1) is 30.1 Å². The molecule has 0 spiro atoms. The van der Waals surface area contributed by atoms with Crippen molar-refractivity contribution in [2.45, 2.75) is 6.42 Å². The second-order valence-electron chi connectivity index (χ2n) is 5.38. The number of hydrogen-bond donors (Lipinski definition) is 1. The molecule has 1 N–H and O–H groups in total. The number of nitrogens with zero attached hydrogens (tertiary/aromatic N) is 3. The number of carbonyl (C=O) groups is 1. The number of carbonyl (C=O) groups excluding carboxylic acids is 1. The molecule has 10 heteroatoms. The molecule has 0 aliphatic heterocycles. The number of benzene rings is 2. The smallest absolute Gasteiger partial charge is 0.340 e. The second kappa shape index (κ2) is 8.33. The SMILES string of the molecule is COC(=O)c1ccc(F)cc1N(c1nsnc1Cc1ccccc1)S(=O)O. The summed E-state index contributed by atoms with van der Waals surface area (Å²) in [6.45, 7) is 0. The largest absolute Gasteiger partial charge is 0.465 e. The van der Waals surface area contributed by atoms with Crippen LogP contribution in [0.1, 0.15) is 21.6 Å². The van der Waals surface area contributed by atoms with Crippen molar-refractivity contribution in [2.75, 3.05) is 11.4 Å². The van der Waals surface area contributed by atoms with Crippen LogP contribution >= 0.6 is 11.7 Å². The molecule has 0 fully saturated rings. The van der Waals surface area contributed by atoms with Gasteiger partial charge in [-0.1, -0.05) is 30.3 Å². The Morgan fingerprint density at radius 3 is 2.67 bits per heavy atom. The summed E-state index contributed by atoms with van der Waals surface area (Å²) in [5, 5.41) is 0. The van der Waals surface area contributed by atoms with E-state index in [-0.39, 0.29) is 17.1 Å². The van der Waals surface area contributed by atoms with Crippen molar-refractivity contribution in [3.63, 3.8) is 0 Å². The third kappa shape index (κ3) is 4.18. The lowest BCUT2D eigenvalue weighted by Gasteiger charge is -2.20. The zero-order chi connectivity index (χ0) is 19.4. The van der Waals surface area contributed by atoms with Gasteiger partial charge in [0.1, 0.15) is 11.5 Å². The van der Waals surface area contributed by atoms with Crippen LogP contribution in [0.2, 0.25) is 0 Å². The predicted octanol–water partition coefficient (Wildman–Crippen LogP) is 3.33. The van der Waals surface area contributed by atoms with Crippen molar-refractivity contribution in [3.05, 3.63) is 71.2 Å². The number of ether oxygens (including phenoxy) is 1. The molecule has 1 unspecified atom stereocenters. The van der Waals surface area contributed by atoms with Crippen LogP contribution in [0.15, 0.2) is 48.5 Å². The summed E-state index contributed by atoms with van der Waals surface area (Å²) in [5.41, 5.74) is 1.14. The summed E-state index contributed by atoms with van der Waals surface area (Å²) >= 11 is -1.77. The van der Waals surface area contributed by atoms with Gasteiger partial charge in [-0.25, -0.2) is 17.7 Å². The summed E-state index contributed by atoms with van der Waals surface area (Å²) in [7, 11) is 1.17. The van der Waals surface area contributed by atoms with Gasteiger partial charge in [-0.2, -0.15) is 8.75 Å². The molecule has 1 heterocycles. The maximum absolute atomic E-state index is 13.8. The van der Waals surface area contributed by atoms with E-state index in [0.717, 1.165) is 33.7 Å². The van der Waals surface area contributed by atoms with Crippen LogP contribution in [0.25, 0.3) is 0 Å². The first-order chi connectivity index (χ1) is 13.0. The molecule has 0 aliphatic carbocycles. The number of rotatable bonds is 6. The zero-order valence-electron chi connectivity index (χ0n) is 14.0. The molecule has 0 aliphatic rings. The van der Waals surface area contributed by atoms with Crippen LogP contribution in [0, 0.1) is 5.82 Å². The summed E-state index contributed by atoms with van der Waals surface area (Å²) < 4.78 is 49.6. The Bertz CT molecular complexity index is 981. The standard InChI is InChI=1S/C17H14FN3O4S2/c1-25-17(22)13-8-7-12(18)10-15(13)21(27(23)24)16-14(19-26-20-16)9-11-5-3-2-4-6-11/h2-8,10H,9H2,1H3,(H,23,24). The fourth-order valence-electron chi connectivity index (χ4n) is 2.48. The van der Waals surface area contributed by atoms with Crippen LogP contribution in [0.3, 0.4) is 0 Å². The molecule has 140 valence electrons. The molecule has 1 atom stereocenters. The number of methoxy groups -OCH3 is 1. The van der Waals surface area contributed by atoms with Gasteiger partial charge < -0.3 is 4.74 Å². The molecule has 0 bridgehead atoms. The quantitative estimate of drug-likeness (QED) is 0.498. The number of anilines is 2. The lowest BCUT2D eigenvalue weighted by Crippen LogP contribution is -2.24. The molecule has 0 radical (unpaired) electrons. The Labute approximate surface area is 161 Å². The topological polar surface area (TPSA) is 92.6 Å². The van der Waals surface area contributed by atoms with E-state index in [0.29, 0.717) is 12.1 Å². The fourth-order valence-corrected chi connectivity index (χ4v) is 3.70. The van der Waals surface area contributed by atoms with Gasteiger partial charge >= 0.3 is 5.97 Å². The molecule has 1 aromatic heterocycles. The zero-order valence-corrected chi connectivity index (χ0v) is 15.7. The van der Waals surface area contributed by atoms with Crippen molar-refractivity contribution in [1.82, 2.24) is 8.75 Å². The minimum absolute atomic E-state index is 0.0695. The van der Waals surface area contributed by atoms with E-state index in [1.165, 1.54) is 13.2 Å². The van der Waals surface area contributed by atoms with Gasteiger partial charge in [-0.15, -0.1) is 0 Å². The first kappa shape index (κ1) is 19.1. The Balaban J connectivity index is 2.09. The average Bonchev–Trinajstić information content (AvgIpc) is 3.09. The van der Waals surface area contributed by atoms with Crippen LogP contribution in [-0.2, 0) is 22.4 Å². The summed E-state index contributed by atoms with van der Waals surface area (Å²) in [4.78, 5) is 12.0. The molecule has 27 heavy (non-hydrogen) atoms. The number of hydrogen-bond acceptors (Lipinski definition) is 6. The number of halogens is 1. The van der Waals surface area contributed by atoms with Crippen LogP contribution in [0.4, 0.5) is 15.9 Å². The number of esters is 1. The van der Waals surface area contributed by atoms with Crippen molar-refractivity contribution in [2.24, 2.45) is 0 Å². The van der Waals surface area contributed by atoms with E-state index in [1.54, 1.807) is 0 Å². The summed E-state index contributed by atoms with van der Waals surface area (Å²) in [6, 6.07) is 12.6. The predicted molar refractivity (Wildman–Crippen MR) is 99.8 cm³/mol. The first-order valence-corrected chi connectivity index (χ1v) is 9.45. The first-order valence-electron chi connectivity index (χ1n) is 7.65. The molecule has 0 saturated heterocycles. The average molecular weight is 407 g/mol. The Morgan fingerprint density at radius 2 is 2.00 bits per heavy atom. The molecule has 3 rings (SSSR count). The van der Waals surface area contributed by atoms with E-state index in [9.17, 15) is 17.9 Å². The highest BCUT2D eigenvalue weighted by Crippen LogP contribution is 2.33. The van der Waals surface area contributed by atoms with Crippen LogP contribution in [-0.4, -0.2) is 30.6 Å². The van der Waals surface area contributed by atoms with Gasteiger partial charge in [0.2, 0.25) is 0 Å². The number of aromatic nitrogens is 2. The van der Waals surface area contributed by atoms with Crippen molar-refractivity contribution in [3.8, 4) is 0 Å². The maximum Gasteiger partial charge on any atom is 0.340 e. The molecule has 7 nitrogen and oxygen atoms in total. The highest BCUT2D eigenvalue weighted by Gasteiger charge is 2.27. The molecule has 0 saturated carbocycles. The van der Waals surface area contributed by atoms with Gasteiger partial charge in [-0.05, 0) is 23.8 Å². The van der Waals surface area contributed by atoms with Gasteiger partial charge in [0, 0.05) is 6.42 Å². The van der Waals surface area contributed by atoms with E-state index in [1.807, 2.05) is 30.3 Å². The van der Waals surface area contributed by atoms with E-state index in [4.69, 9.17) is 0 Å². The molecule has 3 aromatic rings. The molecular formula is C17H14FN3O4S2. The second-order valence-corrected chi connectivity index (χ2v) is 6.73. The van der Waals surface area contributed by atoms with Crippen molar-refractivity contribution < 1.29 is 22.7 Å². The minimum Gasteiger partial charge on any atom is -0.465 e. The Hall–Kier alpha value is -2.69. The van der Waals surface area contributed by atoms with E-state index >= 15 is 0 Å². The van der Waals surface area contributed by atoms with E-state index < -0.39 is 23.1 Å². The van der Waals surface area contributed by atoms with E-state index in [2.05, 4.69) is 13.5 Å². The normalized spacial score (nSPS) is 11.8. The highest BCUT2D eigenvalue weighted by atomic mass is 32.2. The monoisotopic (exact) mass is 407 g/mol. The van der Waals surface area contributed by atoms with Gasteiger partial charge in [0.25, 0.3) is 11.3 Å².